The first-order chi connectivity index (χ1) is 12.2. The van der Waals surface area contributed by atoms with E-state index in [1.165, 1.54) is 12.7 Å². The summed E-state index contributed by atoms with van der Waals surface area (Å²) >= 11 is 0. The van der Waals surface area contributed by atoms with Crippen LogP contribution in [-0.2, 0) is 11.0 Å². The average molecular weight is 404 g/mol. The Labute approximate surface area is 182 Å². The second kappa shape index (κ2) is 7.64. The molecule has 4 rings (SSSR count). The van der Waals surface area contributed by atoms with Crippen molar-refractivity contribution in [3.05, 3.63) is 23.3 Å². The van der Waals surface area contributed by atoms with E-state index in [2.05, 4.69) is 6.92 Å². The zero-order chi connectivity index (χ0) is 18.7. The number of hydrogen-bond donors (Lipinski definition) is 2. The third-order valence-corrected chi connectivity index (χ3v) is 7.60. The molecule has 1 aromatic carbocycles. The van der Waals surface area contributed by atoms with E-state index >= 15 is 0 Å². The summed E-state index contributed by atoms with van der Waals surface area (Å²) in [7, 11) is -3.42. The summed E-state index contributed by atoms with van der Waals surface area (Å²) in [4.78, 5) is 20.2. The van der Waals surface area contributed by atoms with Crippen molar-refractivity contribution < 1.29 is 58.3 Å². The molecule has 0 saturated heterocycles. The van der Waals surface area contributed by atoms with Crippen LogP contribution in [0.2, 0.25) is 0 Å². The van der Waals surface area contributed by atoms with E-state index < -0.39 is 7.82 Å². The summed E-state index contributed by atoms with van der Waals surface area (Å²) in [6.07, 6.45) is 5.67. The Morgan fingerprint density at radius 3 is 2.63 bits per heavy atom. The van der Waals surface area contributed by atoms with Crippen molar-refractivity contribution in [2.75, 3.05) is 7.11 Å². The normalized spacial score (nSPS) is 36.5. The van der Waals surface area contributed by atoms with Gasteiger partial charge in [-0.05, 0) is 85.0 Å². The molecular weight excluding hydrogens is 378 g/mol. The molecule has 1 unspecified atom stereocenters. The number of benzene rings is 1. The number of hydrogen-bond acceptors (Lipinski definition) is 5. The van der Waals surface area contributed by atoms with E-state index in [9.17, 15) is 14.6 Å². The summed E-state index contributed by atoms with van der Waals surface area (Å²) in [5.74, 6) is 1.85. The Hall–Kier alpha value is -0.0700. The molecule has 27 heavy (non-hydrogen) atoms. The van der Waals surface area contributed by atoms with Crippen molar-refractivity contribution in [1.82, 2.24) is 0 Å². The molecule has 2 N–H and O–H groups in total. The van der Waals surface area contributed by atoms with Gasteiger partial charge in [0, 0.05) is 0 Å². The van der Waals surface area contributed by atoms with Gasteiger partial charge in [-0.3, -0.25) is 4.57 Å². The van der Waals surface area contributed by atoms with Crippen molar-refractivity contribution in [2.24, 2.45) is 17.3 Å². The number of aryl methyl sites for hydroxylation is 1. The second-order valence-corrected chi connectivity index (χ2v) is 9.43. The van der Waals surface area contributed by atoms with Crippen molar-refractivity contribution in [3.63, 3.8) is 0 Å². The van der Waals surface area contributed by atoms with Crippen LogP contribution in [-0.4, -0.2) is 23.2 Å². The van der Waals surface area contributed by atoms with Gasteiger partial charge >= 0.3 is 37.4 Å². The molecule has 6 nitrogen and oxygen atoms in total. The predicted octanol–water partition coefficient (Wildman–Crippen LogP) is -0.244. The Balaban J connectivity index is 0.00000210. The topological polar surface area (TPSA) is 99.1 Å². The fourth-order valence-electron chi connectivity index (χ4n) is 5.91. The molecule has 3 aliphatic rings. The first-order valence-electron chi connectivity index (χ1n) is 9.35. The van der Waals surface area contributed by atoms with Crippen LogP contribution < -0.4 is 43.7 Å². The maximum Gasteiger partial charge on any atom is 1.00 e. The van der Waals surface area contributed by atoms with Crippen LogP contribution in [0.3, 0.4) is 0 Å². The molecule has 0 radical (unpaired) electrons. The minimum atomic E-state index is -4.88. The second-order valence-electron chi connectivity index (χ2n) is 8.31. The Morgan fingerprint density at radius 1 is 1.22 bits per heavy atom. The molecule has 0 aliphatic heterocycles. The van der Waals surface area contributed by atoms with Gasteiger partial charge in [-0.2, -0.15) is 0 Å². The average Bonchev–Trinajstić information content (AvgIpc) is 2.88. The molecule has 0 bridgehead atoms. The summed E-state index contributed by atoms with van der Waals surface area (Å²) in [5, 5.41) is 10.5. The maximum absolute atomic E-state index is 11.1. The van der Waals surface area contributed by atoms with Gasteiger partial charge in [0.25, 0.3) is 0 Å². The number of ether oxygens (including phenoxy) is 1. The zero-order valence-electron chi connectivity index (χ0n) is 16.2. The van der Waals surface area contributed by atoms with Gasteiger partial charge in [0.1, 0.15) is 0 Å². The summed E-state index contributed by atoms with van der Waals surface area (Å²) < 4.78 is 21.2. The third kappa shape index (κ3) is 3.75. The van der Waals surface area contributed by atoms with Gasteiger partial charge in [-0.25, -0.2) is 0 Å². The van der Waals surface area contributed by atoms with Gasteiger partial charge in [-0.1, -0.05) is 6.92 Å². The Kier molecular flexibility index (Phi) is 6.12. The zero-order valence-corrected chi connectivity index (χ0v) is 19.1. The van der Waals surface area contributed by atoms with Crippen LogP contribution >= 0.6 is 7.82 Å². The van der Waals surface area contributed by atoms with Crippen LogP contribution in [0.5, 0.6) is 11.5 Å². The summed E-state index contributed by atoms with van der Waals surface area (Å²) in [6.45, 7) is 2.24. The van der Waals surface area contributed by atoms with Crippen molar-refractivity contribution in [1.29, 1.82) is 0 Å². The minimum Gasteiger partial charge on any atom is -0.746 e. The number of phosphoric ester groups is 1. The smallest absolute Gasteiger partial charge is 0.746 e. The molecular formula is C19H26NaO6P. The van der Waals surface area contributed by atoms with Crippen LogP contribution in [0.25, 0.3) is 0 Å². The molecule has 1 aromatic rings. The van der Waals surface area contributed by atoms with Gasteiger partial charge in [-0.15, -0.1) is 0 Å². The molecule has 2 saturated carbocycles. The van der Waals surface area contributed by atoms with Gasteiger partial charge in [0.2, 0.25) is 0 Å². The molecule has 8 heteroatoms. The third-order valence-electron chi connectivity index (χ3n) is 7.17. The number of fused-ring (bicyclic) bond motifs is 5. The molecule has 6 atom stereocenters. The predicted molar refractivity (Wildman–Crippen MR) is 94.1 cm³/mol. The molecule has 0 spiro atoms. The molecule has 0 amide bonds. The van der Waals surface area contributed by atoms with Crippen LogP contribution in [0.1, 0.15) is 56.1 Å². The SMILES string of the molecule is COc1cc2c(cc1OP(=O)([O-])O)CC[C@@H]1[C@@H]2CC[C@]2(C)[C@@H](O)CC[C@@H]12.[Na+]. The Bertz CT molecular complexity index is 765. The monoisotopic (exact) mass is 404 g/mol. The number of phosphoric acid groups is 1. The maximum atomic E-state index is 11.1. The largest absolute Gasteiger partial charge is 1.00 e. The van der Waals surface area contributed by atoms with E-state index in [1.807, 2.05) is 6.07 Å². The summed E-state index contributed by atoms with van der Waals surface area (Å²) in [6, 6.07) is 3.58. The van der Waals surface area contributed by atoms with E-state index in [0.29, 0.717) is 23.5 Å². The van der Waals surface area contributed by atoms with E-state index in [4.69, 9.17) is 14.2 Å². The molecule has 0 heterocycles. The van der Waals surface area contributed by atoms with Gasteiger partial charge in [0.05, 0.1) is 13.2 Å². The van der Waals surface area contributed by atoms with Crippen LogP contribution in [0.4, 0.5) is 0 Å². The van der Waals surface area contributed by atoms with Gasteiger partial charge in [0.15, 0.2) is 11.5 Å². The van der Waals surface area contributed by atoms with E-state index in [1.54, 1.807) is 6.07 Å². The first kappa shape index (κ1) is 21.6. The fraction of sp³-hybridized carbons (Fsp3) is 0.684. The fourth-order valence-corrected chi connectivity index (χ4v) is 6.30. The molecule has 3 aliphatic carbocycles. The summed E-state index contributed by atoms with van der Waals surface area (Å²) in [5.41, 5.74) is 2.29. The van der Waals surface area contributed by atoms with E-state index in [0.717, 1.165) is 44.1 Å². The number of aliphatic hydroxyl groups is 1. The minimum absolute atomic E-state index is 0. The van der Waals surface area contributed by atoms with Crippen molar-refractivity contribution >= 4 is 7.82 Å². The Morgan fingerprint density at radius 2 is 1.96 bits per heavy atom. The quantitative estimate of drug-likeness (QED) is 0.533. The number of methoxy groups -OCH3 is 1. The van der Waals surface area contributed by atoms with Crippen LogP contribution in [0.15, 0.2) is 12.1 Å². The number of rotatable bonds is 3. The molecule has 2 fully saturated rings. The molecule has 144 valence electrons. The van der Waals surface area contributed by atoms with Crippen molar-refractivity contribution in [2.45, 2.75) is 57.5 Å². The number of aliphatic hydroxyl groups excluding tert-OH is 1. The standard InChI is InChI=1S/C19H27O6P.Na/c1-19-8-7-12-13(15(19)5-6-18(19)20)4-3-11-9-17(25-26(21,22)23)16(24-2)10-14(11)12;/h9-10,12-13,15,18,20H,3-8H2,1-2H3,(H2,21,22,23);/q;+1/p-1/t12-,13+,15-,18-,19-;/m0./s1. The van der Waals surface area contributed by atoms with Crippen molar-refractivity contribution in [3.8, 4) is 11.5 Å². The van der Waals surface area contributed by atoms with E-state index in [-0.39, 0.29) is 46.8 Å². The van der Waals surface area contributed by atoms with Crippen LogP contribution in [0, 0.1) is 17.3 Å². The van der Waals surface area contributed by atoms with Gasteiger partial charge < -0.3 is 24.2 Å². The molecule has 0 aromatic heterocycles. The first-order valence-corrected chi connectivity index (χ1v) is 10.8.